The molecule has 1 unspecified atom stereocenters. The summed E-state index contributed by atoms with van der Waals surface area (Å²) in [5.74, 6) is 0. The van der Waals surface area contributed by atoms with Gasteiger partial charge >= 0.3 is 0 Å². The van der Waals surface area contributed by atoms with Crippen LogP contribution >= 0.6 is 0 Å². The Balaban J connectivity index is 1.50. The second-order valence-electron chi connectivity index (χ2n) is 21.7. The molecule has 0 fully saturated rings. The first-order chi connectivity index (χ1) is 27.1. The summed E-state index contributed by atoms with van der Waals surface area (Å²) < 4.78 is 5.20. The van der Waals surface area contributed by atoms with Crippen molar-refractivity contribution in [2.75, 3.05) is 0 Å². The molecule has 1 aliphatic rings. The van der Waals surface area contributed by atoms with Crippen molar-refractivity contribution in [2.45, 2.75) is 130 Å². The molecule has 1 aliphatic carbocycles. The first-order valence-electron chi connectivity index (χ1n) is 21.6. The topological polar surface area (TPSA) is 9.86 Å². The van der Waals surface area contributed by atoms with Gasteiger partial charge in [-0.25, -0.2) is 0 Å². The Morgan fingerprint density at radius 2 is 0.983 bits per heavy atom. The smallest absolute Gasteiger partial charge is 0.0547 e. The summed E-state index contributed by atoms with van der Waals surface area (Å²) in [4.78, 5) is 0. The van der Waals surface area contributed by atoms with Gasteiger partial charge in [0.15, 0.2) is 0 Å². The molecule has 2 aromatic heterocycles. The molecule has 2 nitrogen and oxygen atoms in total. The van der Waals surface area contributed by atoms with Gasteiger partial charge in [-0.2, -0.15) is 0 Å². The van der Waals surface area contributed by atoms with E-state index in [1.807, 2.05) is 0 Å². The van der Waals surface area contributed by atoms with Crippen LogP contribution < -0.4 is 0 Å². The van der Waals surface area contributed by atoms with Crippen LogP contribution in [-0.4, -0.2) is 9.13 Å². The number of rotatable bonds is 3. The Morgan fingerprint density at radius 3 is 1.52 bits per heavy atom. The van der Waals surface area contributed by atoms with E-state index in [1.165, 1.54) is 99.5 Å². The second kappa shape index (κ2) is 12.5. The molecule has 8 aromatic rings. The minimum absolute atomic E-state index is 0.00262. The van der Waals surface area contributed by atoms with E-state index in [2.05, 4.69) is 215 Å². The zero-order chi connectivity index (χ0) is 41.5. The molecule has 0 amide bonds. The van der Waals surface area contributed by atoms with Crippen LogP contribution in [0.4, 0.5) is 0 Å². The van der Waals surface area contributed by atoms with Gasteiger partial charge in [-0.05, 0) is 127 Å². The van der Waals surface area contributed by atoms with Gasteiger partial charge in [-0.15, -0.1) is 0 Å². The molecule has 1 atom stereocenters. The molecule has 0 spiro atoms. The van der Waals surface area contributed by atoms with Crippen LogP contribution in [-0.2, 0) is 27.1 Å². The highest BCUT2D eigenvalue weighted by Gasteiger charge is 2.37. The van der Waals surface area contributed by atoms with Crippen LogP contribution in [0.5, 0.6) is 0 Å². The van der Waals surface area contributed by atoms with Crippen molar-refractivity contribution in [2.24, 2.45) is 0 Å². The standard InChI is InChI=1S/C56H62N2/c1-15-56(14)37-19-16-18-34(28-37)41-20-17-21-46-49(41)50-47(57(46)40-30-38(54(8,9)10)29-39(31-40)55(11,12)13)26-27-48(51(50)56)58-44-24-22-35(52(2,3)4)32-42(44)43-33-36(53(5,6)7)23-25-45(43)58/h16-33H,15H2,1-14H3. The normalized spacial score (nSPS) is 16.2. The van der Waals surface area contributed by atoms with E-state index in [-0.39, 0.29) is 27.1 Å². The molecule has 0 aliphatic heterocycles. The SMILES string of the molecule is CCC1(C)c2cccc(c2)-c2cccc3c2c2c1c(-n1c4ccc(C(C)(C)C)cc4c4cc(C(C)(C)C)ccc41)ccc2n3-c1cc(C(C)(C)C)cc(C(C)(C)C)c1. The van der Waals surface area contributed by atoms with E-state index in [1.54, 1.807) is 0 Å². The van der Waals surface area contributed by atoms with Crippen molar-refractivity contribution in [3.05, 3.63) is 143 Å². The molecule has 2 heterocycles. The number of aromatic nitrogens is 2. The third-order valence-electron chi connectivity index (χ3n) is 13.7. The highest BCUT2D eigenvalue weighted by atomic mass is 15.0. The summed E-state index contributed by atoms with van der Waals surface area (Å²) >= 11 is 0. The van der Waals surface area contributed by atoms with Crippen molar-refractivity contribution in [1.29, 1.82) is 0 Å². The predicted octanol–water partition coefficient (Wildman–Crippen LogP) is 15.8. The zero-order valence-corrected chi connectivity index (χ0v) is 37.5. The molecule has 296 valence electrons. The largest absolute Gasteiger partial charge is 0.309 e. The van der Waals surface area contributed by atoms with Gasteiger partial charge in [0.1, 0.15) is 0 Å². The monoisotopic (exact) mass is 762 g/mol. The summed E-state index contributed by atoms with van der Waals surface area (Å²) in [6.45, 7) is 32.9. The maximum absolute atomic E-state index is 2.61. The molecule has 0 saturated carbocycles. The molecule has 6 aromatic carbocycles. The van der Waals surface area contributed by atoms with E-state index in [0.29, 0.717) is 0 Å². The predicted molar refractivity (Wildman–Crippen MR) is 252 cm³/mol. The van der Waals surface area contributed by atoms with Gasteiger partial charge in [0.05, 0.1) is 27.8 Å². The Hall–Kier alpha value is -5.08. The average molecular weight is 763 g/mol. The summed E-state index contributed by atoms with van der Waals surface area (Å²) in [5.41, 5.74) is 18.1. The molecule has 9 rings (SSSR count). The van der Waals surface area contributed by atoms with Crippen molar-refractivity contribution in [3.8, 4) is 22.5 Å². The van der Waals surface area contributed by atoms with Crippen LogP contribution in [0.1, 0.15) is 137 Å². The molecule has 0 N–H and O–H groups in total. The number of benzene rings is 6. The summed E-state index contributed by atoms with van der Waals surface area (Å²) in [6, 6.07) is 43.2. The van der Waals surface area contributed by atoms with Gasteiger partial charge in [-0.1, -0.05) is 152 Å². The average Bonchev–Trinajstić information content (AvgIpc) is 3.67. The highest BCUT2D eigenvalue weighted by molar-refractivity contribution is 6.19. The lowest BCUT2D eigenvalue weighted by Gasteiger charge is -2.35. The molecule has 2 heteroatoms. The molecule has 0 saturated heterocycles. The Bertz CT molecular complexity index is 2870. The van der Waals surface area contributed by atoms with E-state index < -0.39 is 0 Å². The van der Waals surface area contributed by atoms with Gasteiger partial charge in [0.2, 0.25) is 0 Å². The lowest BCUT2D eigenvalue weighted by Crippen LogP contribution is -2.26. The van der Waals surface area contributed by atoms with E-state index in [0.717, 1.165) is 6.42 Å². The van der Waals surface area contributed by atoms with E-state index in [4.69, 9.17) is 0 Å². The third kappa shape index (κ3) is 5.72. The van der Waals surface area contributed by atoms with Crippen LogP contribution in [0.2, 0.25) is 0 Å². The minimum atomic E-state index is -0.277. The fraction of sp³-hybridized carbons (Fsp3) is 0.357. The Labute approximate surface area is 346 Å². The van der Waals surface area contributed by atoms with E-state index in [9.17, 15) is 0 Å². The van der Waals surface area contributed by atoms with Gasteiger partial charge in [-0.3, -0.25) is 0 Å². The molecule has 2 bridgehead atoms. The summed E-state index contributed by atoms with van der Waals surface area (Å²) in [7, 11) is 0. The number of hydrogen-bond acceptors (Lipinski definition) is 0. The number of nitrogens with zero attached hydrogens (tertiary/aromatic N) is 2. The van der Waals surface area contributed by atoms with Crippen LogP contribution in [0, 0.1) is 0 Å². The lowest BCUT2D eigenvalue weighted by atomic mass is 9.70. The maximum atomic E-state index is 2.61. The van der Waals surface area contributed by atoms with Crippen LogP contribution in [0.25, 0.3) is 66.1 Å². The fourth-order valence-corrected chi connectivity index (χ4v) is 9.78. The Morgan fingerprint density at radius 1 is 0.466 bits per heavy atom. The first kappa shape index (κ1) is 38.4. The molecule has 58 heavy (non-hydrogen) atoms. The number of fused-ring (bicyclic) bond motifs is 6. The second-order valence-corrected chi connectivity index (χ2v) is 21.7. The summed E-state index contributed by atoms with van der Waals surface area (Å²) in [6.07, 6.45) is 0.963. The molecule has 0 radical (unpaired) electrons. The van der Waals surface area contributed by atoms with Crippen LogP contribution in [0.15, 0.2) is 109 Å². The minimum Gasteiger partial charge on any atom is -0.309 e. The van der Waals surface area contributed by atoms with E-state index >= 15 is 0 Å². The lowest BCUT2D eigenvalue weighted by molar-refractivity contribution is 0.553. The van der Waals surface area contributed by atoms with Crippen molar-refractivity contribution in [1.82, 2.24) is 9.13 Å². The highest BCUT2D eigenvalue weighted by Crippen LogP contribution is 2.52. The Kier molecular flexibility index (Phi) is 8.26. The maximum Gasteiger partial charge on any atom is 0.0547 e. The quantitative estimate of drug-likeness (QED) is 0.170. The van der Waals surface area contributed by atoms with Gasteiger partial charge in [0, 0.05) is 32.6 Å². The third-order valence-corrected chi connectivity index (χ3v) is 13.7. The first-order valence-corrected chi connectivity index (χ1v) is 21.6. The summed E-state index contributed by atoms with van der Waals surface area (Å²) in [5, 5.41) is 5.35. The number of hydrogen-bond donors (Lipinski definition) is 0. The van der Waals surface area contributed by atoms with Crippen molar-refractivity contribution < 1.29 is 0 Å². The van der Waals surface area contributed by atoms with Gasteiger partial charge < -0.3 is 9.13 Å². The zero-order valence-electron chi connectivity index (χ0n) is 37.5. The van der Waals surface area contributed by atoms with Crippen molar-refractivity contribution in [3.63, 3.8) is 0 Å². The van der Waals surface area contributed by atoms with Crippen molar-refractivity contribution >= 4 is 43.6 Å². The molecular weight excluding hydrogens is 701 g/mol. The van der Waals surface area contributed by atoms with Crippen LogP contribution in [0.3, 0.4) is 0 Å². The van der Waals surface area contributed by atoms with Gasteiger partial charge in [0.25, 0.3) is 0 Å². The molecular formula is C56H62N2. The fourth-order valence-electron chi connectivity index (χ4n) is 9.78.